The third-order valence-corrected chi connectivity index (χ3v) is 6.34. The Morgan fingerprint density at radius 1 is 1.33 bits per heavy atom. The molecule has 1 aromatic carbocycles. The molecule has 1 saturated heterocycles. The fourth-order valence-corrected chi connectivity index (χ4v) is 4.90. The SMILES string of the molecule is CCC(Oc1ccccc1F)C(=O)N(Cc1ccco1)C1CCS(=O)(=O)C1. The van der Waals surface area contributed by atoms with Crippen LogP contribution in [0.4, 0.5) is 4.39 Å². The van der Waals surface area contributed by atoms with E-state index in [0.29, 0.717) is 18.6 Å². The summed E-state index contributed by atoms with van der Waals surface area (Å²) in [4.78, 5) is 14.6. The lowest BCUT2D eigenvalue weighted by Crippen LogP contribution is -2.47. The molecule has 0 spiro atoms. The molecule has 1 amide bonds. The number of rotatable bonds is 7. The number of sulfone groups is 1. The number of hydrogen-bond acceptors (Lipinski definition) is 5. The van der Waals surface area contributed by atoms with E-state index in [1.807, 2.05) is 0 Å². The average Bonchev–Trinajstić information content (AvgIpc) is 3.27. The molecule has 1 aliphatic heterocycles. The second-order valence-electron chi connectivity index (χ2n) is 6.55. The second-order valence-corrected chi connectivity index (χ2v) is 8.78. The molecule has 1 fully saturated rings. The first kappa shape index (κ1) is 19.4. The minimum atomic E-state index is -3.18. The van der Waals surface area contributed by atoms with Crippen LogP contribution in [0.25, 0.3) is 0 Å². The van der Waals surface area contributed by atoms with Crippen molar-refractivity contribution >= 4 is 15.7 Å². The van der Waals surface area contributed by atoms with Crippen molar-refractivity contribution in [2.75, 3.05) is 11.5 Å². The highest BCUT2D eigenvalue weighted by molar-refractivity contribution is 7.91. The molecular weight excluding hydrogens is 373 g/mol. The Morgan fingerprint density at radius 2 is 2.11 bits per heavy atom. The van der Waals surface area contributed by atoms with E-state index in [1.165, 1.54) is 29.4 Å². The van der Waals surface area contributed by atoms with Crippen molar-refractivity contribution < 1.29 is 26.8 Å². The zero-order chi connectivity index (χ0) is 19.4. The summed E-state index contributed by atoms with van der Waals surface area (Å²) >= 11 is 0. The lowest BCUT2D eigenvalue weighted by molar-refractivity contribution is -0.142. The Labute approximate surface area is 157 Å². The lowest BCUT2D eigenvalue weighted by atomic mass is 10.1. The van der Waals surface area contributed by atoms with Crippen LogP contribution >= 0.6 is 0 Å². The molecule has 0 aliphatic carbocycles. The van der Waals surface area contributed by atoms with Gasteiger partial charge in [0.1, 0.15) is 5.76 Å². The second kappa shape index (κ2) is 8.12. The van der Waals surface area contributed by atoms with E-state index in [1.54, 1.807) is 25.1 Å². The first-order valence-corrected chi connectivity index (χ1v) is 10.7. The zero-order valence-corrected chi connectivity index (χ0v) is 15.8. The van der Waals surface area contributed by atoms with Crippen molar-refractivity contribution in [2.45, 2.75) is 38.5 Å². The van der Waals surface area contributed by atoms with Gasteiger partial charge in [-0.3, -0.25) is 4.79 Å². The molecule has 2 atom stereocenters. The van der Waals surface area contributed by atoms with Gasteiger partial charge in [-0.2, -0.15) is 0 Å². The van der Waals surface area contributed by atoms with Gasteiger partial charge in [0.15, 0.2) is 27.5 Å². The highest BCUT2D eigenvalue weighted by Gasteiger charge is 2.37. The summed E-state index contributed by atoms with van der Waals surface area (Å²) in [6, 6.07) is 8.86. The molecule has 2 unspecified atom stereocenters. The Kier molecular flexibility index (Phi) is 5.84. The normalized spacial score (nSPS) is 19.6. The number of halogens is 1. The highest BCUT2D eigenvalue weighted by atomic mass is 32.2. The van der Waals surface area contributed by atoms with Crippen LogP contribution in [0.3, 0.4) is 0 Å². The van der Waals surface area contributed by atoms with E-state index in [9.17, 15) is 17.6 Å². The van der Waals surface area contributed by atoms with Crippen LogP contribution in [-0.2, 0) is 21.2 Å². The van der Waals surface area contributed by atoms with E-state index in [4.69, 9.17) is 9.15 Å². The molecule has 0 radical (unpaired) electrons. The summed E-state index contributed by atoms with van der Waals surface area (Å²) in [5.41, 5.74) is 0. The van der Waals surface area contributed by atoms with Crippen LogP contribution < -0.4 is 4.74 Å². The molecule has 2 aromatic rings. The number of ether oxygens (including phenoxy) is 1. The van der Waals surface area contributed by atoms with Gasteiger partial charge in [0.2, 0.25) is 0 Å². The van der Waals surface area contributed by atoms with Gasteiger partial charge in [-0.05, 0) is 37.1 Å². The maximum atomic E-state index is 13.9. The third-order valence-electron chi connectivity index (χ3n) is 4.59. The maximum Gasteiger partial charge on any atom is 0.264 e. The van der Waals surface area contributed by atoms with Crippen LogP contribution in [0.5, 0.6) is 5.75 Å². The monoisotopic (exact) mass is 395 g/mol. The van der Waals surface area contributed by atoms with Gasteiger partial charge >= 0.3 is 0 Å². The van der Waals surface area contributed by atoms with Crippen LogP contribution in [0.15, 0.2) is 47.1 Å². The summed E-state index contributed by atoms with van der Waals surface area (Å²) in [5.74, 6) is -0.424. The zero-order valence-electron chi connectivity index (χ0n) is 15.0. The first-order chi connectivity index (χ1) is 12.9. The van der Waals surface area contributed by atoms with Gasteiger partial charge in [-0.1, -0.05) is 19.1 Å². The van der Waals surface area contributed by atoms with E-state index in [-0.39, 0.29) is 29.7 Å². The smallest absolute Gasteiger partial charge is 0.264 e. The number of benzene rings is 1. The first-order valence-electron chi connectivity index (χ1n) is 8.84. The van der Waals surface area contributed by atoms with Gasteiger partial charge in [0.25, 0.3) is 5.91 Å². The van der Waals surface area contributed by atoms with Crippen molar-refractivity contribution in [2.24, 2.45) is 0 Å². The van der Waals surface area contributed by atoms with Gasteiger partial charge in [0, 0.05) is 6.04 Å². The summed E-state index contributed by atoms with van der Waals surface area (Å²) in [5, 5.41) is 0. The van der Waals surface area contributed by atoms with Gasteiger partial charge in [0.05, 0.1) is 24.3 Å². The van der Waals surface area contributed by atoms with E-state index < -0.39 is 27.8 Å². The minimum Gasteiger partial charge on any atom is -0.478 e. The van der Waals surface area contributed by atoms with E-state index in [0.717, 1.165) is 0 Å². The number of carbonyl (C=O) groups is 1. The Hall–Kier alpha value is -2.35. The number of para-hydroxylation sites is 1. The highest BCUT2D eigenvalue weighted by Crippen LogP contribution is 2.24. The number of carbonyl (C=O) groups excluding carboxylic acids is 1. The Morgan fingerprint density at radius 3 is 2.70 bits per heavy atom. The van der Waals surface area contributed by atoms with Crippen LogP contribution in [0.2, 0.25) is 0 Å². The molecule has 2 heterocycles. The molecule has 27 heavy (non-hydrogen) atoms. The molecule has 6 nitrogen and oxygen atoms in total. The van der Waals surface area contributed by atoms with Crippen LogP contribution in [-0.4, -0.2) is 42.9 Å². The fraction of sp³-hybridized carbons (Fsp3) is 0.421. The molecule has 8 heteroatoms. The summed E-state index contributed by atoms with van der Waals surface area (Å²) in [6.07, 6.45) is 1.27. The minimum absolute atomic E-state index is 0.00491. The fourth-order valence-electron chi connectivity index (χ4n) is 3.17. The Balaban J connectivity index is 1.83. The van der Waals surface area contributed by atoms with Gasteiger partial charge in [-0.25, -0.2) is 12.8 Å². The number of nitrogens with zero attached hydrogens (tertiary/aromatic N) is 1. The van der Waals surface area contributed by atoms with Crippen LogP contribution in [0.1, 0.15) is 25.5 Å². The van der Waals surface area contributed by atoms with Gasteiger partial charge < -0.3 is 14.1 Å². The van der Waals surface area contributed by atoms with Crippen molar-refractivity contribution in [1.82, 2.24) is 4.90 Å². The van der Waals surface area contributed by atoms with Crippen molar-refractivity contribution in [1.29, 1.82) is 0 Å². The number of hydrogen-bond donors (Lipinski definition) is 0. The molecule has 1 aliphatic rings. The molecule has 3 rings (SSSR count). The molecule has 146 valence electrons. The molecule has 0 bridgehead atoms. The third kappa shape index (κ3) is 4.68. The average molecular weight is 395 g/mol. The lowest BCUT2D eigenvalue weighted by Gasteiger charge is -2.31. The summed E-state index contributed by atoms with van der Waals surface area (Å²) in [7, 11) is -3.18. The molecule has 0 saturated carbocycles. The van der Waals surface area contributed by atoms with Crippen molar-refractivity contribution in [3.05, 3.63) is 54.2 Å². The van der Waals surface area contributed by atoms with Crippen LogP contribution in [0, 0.1) is 5.82 Å². The van der Waals surface area contributed by atoms with Crippen molar-refractivity contribution in [3.8, 4) is 5.75 Å². The largest absolute Gasteiger partial charge is 0.478 e. The predicted molar refractivity (Wildman–Crippen MR) is 97.4 cm³/mol. The maximum absolute atomic E-state index is 13.9. The van der Waals surface area contributed by atoms with E-state index >= 15 is 0 Å². The standard InChI is InChI=1S/C19H22FNO5S/c1-2-17(26-18-8-4-3-7-16(18)20)19(22)21(12-15-6-5-10-25-15)14-9-11-27(23,24)13-14/h3-8,10,14,17H,2,9,11-13H2,1H3. The molecule has 0 N–H and O–H groups in total. The number of amides is 1. The summed E-state index contributed by atoms with van der Waals surface area (Å²) < 4.78 is 48.7. The van der Waals surface area contributed by atoms with E-state index in [2.05, 4.69) is 0 Å². The topological polar surface area (TPSA) is 76.8 Å². The van der Waals surface area contributed by atoms with Crippen molar-refractivity contribution in [3.63, 3.8) is 0 Å². The quantitative estimate of drug-likeness (QED) is 0.721. The predicted octanol–water partition coefficient (Wildman–Crippen LogP) is 2.79. The van der Waals surface area contributed by atoms with Gasteiger partial charge in [-0.15, -0.1) is 0 Å². The summed E-state index contributed by atoms with van der Waals surface area (Å²) in [6.45, 7) is 1.91. The molecule has 1 aromatic heterocycles. The number of furan rings is 1. The Bertz CT molecular complexity index is 881. The molecular formula is C19H22FNO5S.